The molecular weight excluding hydrogens is 275 g/mol. The van der Waals surface area contributed by atoms with Gasteiger partial charge < -0.3 is 20.9 Å². The van der Waals surface area contributed by atoms with E-state index in [1.807, 2.05) is 0 Å². The van der Waals surface area contributed by atoms with Crippen LogP contribution in [-0.2, 0) is 0 Å². The van der Waals surface area contributed by atoms with Gasteiger partial charge in [0, 0.05) is 24.4 Å². The zero-order valence-corrected chi connectivity index (χ0v) is 11.7. The monoisotopic (exact) mass is 294 g/mol. The molecule has 1 aromatic carbocycles. The number of nitrogens with one attached hydrogen (secondary N) is 2. The summed E-state index contributed by atoms with van der Waals surface area (Å²) in [5.41, 5.74) is 0.957. The number of benzene rings is 1. The van der Waals surface area contributed by atoms with Gasteiger partial charge in [-0.25, -0.2) is 4.39 Å². The Morgan fingerprint density at radius 2 is 1.95 bits per heavy atom. The van der Waals surface area contributed by atoms with E-state index in [1.54, 1.807) is 6.92 Å². The van der Waals surface area contributed by atoms with Crippen molar-refractivity contribution in [1.82, 2.24) is 5.32 Å². The maximum Gasteiger partial charge on any atom is 0.184 e. The van der Waals surface area contributed by atoms with Gasteiger partial charge in [0.2, 0.25) is 0 Å². The van der Waals surface area contributed by atoms with Crippen LogP contribution in [0.5, 0.6) is 0 Å². The highest BCUT2D eigenvalue weighted by Gasteiger charge is 2.19. The number of aliphatic hydroxyl groups is 2. The number of aliphatic hydroxyl groups excluding tert-OH is 1. The Labute approximate surface area is 122 Å². The van der Waals surface area contributed by atoms with E-state index in [2.05, 4.69) is 5.32 Å². The van der Waals surface area contributed by atoms with Gasteiger partial charge >= 0.3 is 0 Å². The Hall–Kier alpha value is -2.05. The first-order valence-electron chi connectivity index (χ1n) is 6.53. The van der Waals surface area contributed by atoms with Crippen molar-refractivity contribution in [3.63, 3.8) is 0 Å². The quantitative estimate of drug-likeness (QED) is 0.333. The van der Waals surface area contributed by atoms with E-state index in [-0.39, 0.29) is 18.6 Å². The summed E-state index contributed by atoms with van der Waals surface area (Å²) in [6, 6.07) is 4.49. The molecule has 0 spiro atoms. The lowest BCUT2D eigenvalue weighted by atomic mass is 10.00. The van der Waals surface area contributed by atoms with Gasteiger partial charge in [0.25, 0.3) is 0 Å². The third-order valence-corrected chi connectivity index (χ3v) is 2.90. The van der Waals surface area contributed by atoms with Crippen molar-refractivity contribution in [2.75, 3.05) is 0 Å². The first-order valence-corrected chi connectivity index (χ1v) is 6.53. The van der Waals surface area contributed by atoms with Crippen LogP contribution >= 0.6 is 0 Å². The summed E-state index contributed by atoms with van der Waals surface area (Å²) in [6.45, 7) is 1.69. The van der Waals surface area contributed by atoms with E-state index >= 15 is 0 Å². The highest BCUT2D eigenvalue weighted by atomic mass is 19.1. The van der Waals surface area contributed by atoms with Crippen molar-refractivity contribution in [1.29, 1.82) is 5.41 Å². The minimum Gasteiger partial charge on any atom is -0.381 e. The fourth-order valence-electron chi connectivity index (χ4n) is 1.69. The van der Waals surface area contributed by atoms with Crippen LogP contribution in [0, 0.1) is 11.2 Å². The number of hydrogen-bond donors (Lipinski definition) is 4. The molecule has 0 saturated carbocycles. The third-order valence-electron chi connectivity index (χ3n) is 2.90. The van der Waals surface area contributed by atoms with Gasteiger partial charge in [-0.2, -0.15) is 0 Å². The molecule has 21 heavy (non-hydrogen) atoms. The van der Waals surface area contributed by atoms with Crippen LogP contribution in [0.15, 0.2) is 36.0 Å². The minimum atomic E-state index is -1.50. The highest BCUT2D eigenvalue weighted by Crippen LogP contribution is 2.11. The predicted octanol–water partition coefficient (Wildman–Crippen LogP) is 1.61. The molecule has 0 fully saturated rings. The van der Waals surface area contributed by atoms with E-state index < -0.39 is 18.1 Å². The molecule has 5 nitrogen and oxygen atoms in total. The number of carbonyl (C=O) groups is 1. The molecule has 1 unspecified atom stereocenters. The predicted molar refractivity (Wildman–Crippen MR) is 77.7 cm³/mol. The molecule has 114 valence electrons. The molecule has 0 saturated heterocycles. The summed E-state index contributed by atoms with van der Waals surface area (Å²) < 4.78 is 12.9. The number of carbonyl (C=O) groups excluding carboxylic acids is 1. The Morgan fingerprint density at radius 1 is 1.33 bits per heavy atom. The van der Waals surface area contributed by atoms with Crippen LogP contribution in [-0.4, -0.2) is 34.5 Å². The van der Waals surface area contributed by atoms with Crippen molar-refractivity contribution in [3.8, 4) is 0 Å². The number of halogens is 1. The standard InChI is InChI=1S/C15H19FN2O3/c1-10(8-17)9-18-13(6-7-14(19)20)15(21)11-2-4-12(16)5-3-11/h2-5,8-9,13-14,17-20H,6-7H2,1H3/b10-9-,17-8?. The first-order chi connectivity index (χ1) is 9.93. The van der Waals surface area contributed by atoms with E-state index in [1.165, 1.54) is 30.5 Å². The largest absolute Gasteiger partial charge is 0.381 e. The van der Waals surface area contributed by atoms with Crippen molar-refractivity contribution in [2.45, 2.75) is 32.1 Å². The van der Waals surface area contributed by atoms with Gasteiger partial charge in [-0.3, -0.25) is 4.79 Å². The molecule has 0 aliphatic carbocycles. The second kappa shape index (κ2) is 8.28. The number of allylic oxidation sites excluding steroid dienone is 1. The third kappa shape index (κ3) is 5.85. The highest BCUT2D eigenvalue weighted by molar-refractivity contribution is 6.00. The topological polar surface area (TPSA) is 93.4 Å². The zero-order valence-electron chi connectivity index (χ0n) is 11.7. The molecule has 4 N–H and O–H groups in total. The maximum atomic E-state index is 12.9. The molecule has 0 aromatic heterocycles. The molecular formula is C15H19FN2O3. The van der Waals surface area contributed by atoms with Crippen molar-refractivity contribution in [3.05, 3.63) is 47.4 Å². The maximum absolute atomic E-state index is 12.9. The first kappa shape index (κ1) is 17.0. The molecule has 6 heteroatoms. The lowest BCUT2D eigenvalue weighted by molar-refractivity contribution is -0.0471. The average molecular weight is 294 g/mol. The summed E-state index contributed by atoms with van der Waals surface area (Å²) >= 11 is 0. The van der Waals surface area contributed by atoms with E-state index in [9.17, 15) is 9.18 Å². The van der Waals surface area contributed by atoms with E-state index in [0.717, 1.165) is 6.21 Å². The fourth-order valence-corrected chi connectivity index (χ4v) is 1.69. The lowest BCUT2D eigenvalue weighted by Crippen LogP contribution is -2.34. The number of rotatable bonds is 8. The zero-order chi connectivity index (χ0) is 15.8. The Balaban J connectivity index is 2.85. The van der Waals surface area contributed by atoms with Crippen LogP contribution in [0.2, 0.25) is 0 Å². The van der Waals surface area contributed by atoms with Crippen LogP contribution in [0.4, 0.5) is 4.39 Å². The van der Waals surface area contributed by atoms with Crippen molar-refractivity contribution in [2.24, 2.45) is 0 Å². The van der Waals surface area contributed by atoms with Gasteiger partial charge in [0.1, 0.15) is 5.82 Å². The van der Waals surface area contributed by atoms with E-state index in [0.29, 0.717) is 11.1 Å². The molecule has 1 rings (SSSR count). The summed E-state index contributed by atoms with van der Waals surface area (Å²) in [4.78, 5) is 12.3. The molecule has 0 amide bonds. The summed E-state index contributed by atoms with van der Waals surface area (Å²) in [6.07, 6.45) is 1.39. The second-order valence-electron chi connectivity index (χ2n) is 4.68. The van der Waals surface area contributed by atoms with Gasteiger partial charge in [0.15, 0.2) is 12.1 Å². The number of ketones is 1. The lowest BCUT2D eigenvalue weighted by Gasteiger charge is -2.17. The van der Waals surface area contributed by atoms with E-state index in [4.69, 9.17) is 15.6 Å². The SMILES string of the molecule is C/C(C=N)=C/NC(CCC(O)O)C(=O)c1ccc(F)cc1. The summed E-state index contributed by atoms with van der Waals surface area (Å²) in [5.74, 6) is -0.703. The van der Waals surface area contributed by atoms with Crippen LogP contribution in [0.3, 0.4) is 0 Å². The Morgan fingerprint density at radius 3 is 2.48 bits per heavy atom. The van der Waals surface area contributed by atoms with Crippen LogP contribution < -0.4 is 5.32 Å². The normalized spacial score (nSPS) is 13.1. The van der Waals surface area contributed by atoms with Crippen LogP contribution in [0.1, 0.15) is 30.1 Å². The van der Waals surface area contributed by atoms with Gasteiger partial charge in [-0.05, 0) is 43.2 Å². The molecule has 1 atom stereocenters. The summed E-state index contributed by atoms with van der Waals surface area (Å²) in [5, 5.41) is 27.8. The molecule has 0 aliphatic heterocycles. The number of hydrogen-bond acceptors (Lipinski definition) is 5. The van der Waals surface area contributed by atoms with Gasteiger partial charge in [-0.15, -0.1) is 0 Å². The van der Waals surface area contributed by atoms with Crippen molar-refractivity contribution < 1.29 is 19.4 Å². The minimum absolute atomic E-state index is 0.0298. The Bertz CT molecular complexity index is 512. The van der Waals surface area contributed by atoms with Gasteiger partial charge in [-0.1, -0.05) is 0 Å². The average Bonchev–Trinajstić information content (AvgIpc) is 2.46. The smallest absolute Gasteiger partial charge is 0.184 e. The molecule has 1 aromatic rings. The second-order valence-corrected chi connectivity index (χ2v) is 4.68. The van der Waals surface area contributed by atoms with Crippen LogP contribution in [0.25, 0.3) is 0 Å². The molecule has 0 heterocycles. The molecule has 0 radical (unpaired) electrons. The molecule has 0 bridgehead atoms. The molecule has 0 aliphatic rings. The Kier molecular flexibility index (Phi) is 6.71. The van der Waals surface area contributed by atoms with Crippen molar-refractivity contribution >= 4 is 12.0 Å². The summed E-state index contributed by atoms with van der Waals surface area (Å²) in [7, 11) is 0. The number of Topliss-reactive ketones (excluding diaryl/α,β-unsaturated/α-hetero) is 1. The van der Waals surface area contributed by atoms with Gasteiger partial charge in [0.05, 0.1) is 6.04 Å². The fraction of sp³-hybridized carbons (Fsp3) is 0.333.